The summed E-state index contributed by atoms with van der Waals surface area (Å²) in [6, 6.07) is 0. The van der Waals surface area contributed by atoms with Crippen molar-refractivity contribution >= 4 is 5.91 Å². The van der Waals surface area contributed by atoms with Gasteiger partial charge in [0.05, 0.1) is 0 Å². The van der Waals surface area contributed by atoms with Crippen LogP contribution in [0.15, 0.2) is 0 Å². The van der Waals surface area contributed by atoms with Crippen molar-refractivity contribution in [1.29, 1.82) is 0 Å². The SMILES string of the molecule is CCCC1CN(CCC(=O)N2CCC(CC)CC2)C1. The van der Waals surface area contributed by atoms with Crippen molar-refractivity contribution in [2.24, 2.45) is 11.8 Å². The van der Waals surface area contributed by atoms with Gasteiger partial charge in [-0.1, -0.05) is 26.7 Å². The largest absolute Gasteiger partial charge is 0.343 e. The summed E-state index contributed by atoms with van der Waals surface area (Å²) in [6.45, 7) is 9.93. The van der Waals surface area contributed by atoms with Crippen LogP contribution in [0.1, 0.15) is 52.4 Å². The number of rotatable bonds is 6. The highest BCUT2D eigenvalue weighted by Crippen LogP contribution is 2.22. The summed E-state index contributed by atoms with van der Waals surface area (Å²) in [4.78, 5) is 16.7. The van der Waals surface area contributed by atoms with Crippen LogP contribution >= 0.6 is 0 Å². The van der Waals surface area contributed by atoms with E-state index in [0.717, 1.165) is 37.9 Å². The molecule has 110 valence electrons. The number of likely N-dealkylation sites (tertiary alicyclic amines) is 2. The van der Waals surface area contributed by atoms with Gasteiger partial charge in [0.25, 0.3) is 0 Å². The molecule has 0 aromatic heterocycles. The molecule has 2 aliphatic heterocycles. The lowest BCUT2D eigenvalue weighted by Crippen LogP contribution is -2.48. The fourth-order valence-electron chi connectivity index (χ4n) is 3.45. The molecule has 2 rings (SSSR count). The highest BCUT2D eigenvalue weighted by atomic mass is 16.2. The highest BCUT2D eigenvalue weighted by molar-refractivity contribution is 5.76. The molecular formula is C16H30N2O. The molecule has 1 amide bonds. The molecule has 0 saturated carbocycles. The molecule has 0 N–H and O–H groups in total. The number of amides is 1. The fraction of sp³-hybridized carbons (Fsp3) is 0.938. The third kappa shape index (κ3) is 4.20. The van der Waals surface area contributed by atoms with Crippen LogP contribution in [0.2, 0.25) is 0 Å². The van der Waals surface area contributed by atoms with E-state index >= 15 is 0 Å². The summed E-state index contributed by atoms with van der Waals surface area (Å²) >= 11 is 0. The molecule has 3 nitrogen and oxygen atoms in total. The lowest BCUT2D eigenvalue weighted by Gasteiger charge is -2.39. The Bertz CT molecular complexity index is 278. The Kier molecular flexibility index (Phi) is 5.68. The van der Waals surface area contributed by atoms with E-state index in [0.29, 0.717) is 5.91 Å². The molecule has 2 heterocycles. The first-order valence-corrected chi connectivity index (χ1v) is 8.23. The molecule has 0 aromatic carbocycles. The maximum absolute atomic E-state index is 12.1. The molecule has 0 atom stereocenters. The van der Waals surface area contributed by atoms with Crippen molar-refractivity contribution in [3.05, 3.63) is 0 Å². The molecule has 0 aliphatic carbocycles. The zero-order valence-corrected chi connectivity index (χ0v) is 12.7. The molecular weight excluding hydrogens is 236 g/mol. The van der Waals surface area contributed by atoms with E-state index in [1.807, 2.05) is 0 Å². The van der Waals surface area contributed by atoms with Crippen LogP contribution in [0.5, 0.6) is 0 Å². The summed E-state index contributed by atoms with van der Waals surface area (Å²) in [5, 5.41) is 0. The highest BCUT2D eigenvalue weighted by Gasteiger charge is 2.27. The predicted molar refractivity (Wildman–Crippen MR) is 79.1 cm³/mol. The van der Waals surface area contributed by atoms with Crippen molar-refractivity contribution in [2.45, 2.75) is 52.4 Å². The molecule has 19 heavy (non-hydrogen) atoms. The first kappa shape index (κ1) is 14.8. The van der Waals surface area contributed by atoms with Gasteiger partial charge < -0.3 is 9.80 Å². The summed E-state index contributed by atoms with van der Waals surface area (Å²) in [5.41, 5.74) is 0. The molecule has 0 spiro atoms. The first-order chi connectivity index (χ1) is 9.22. The second-order valence-electron chi connectivity index (χ2n) is 6.40. The van der Waals surface area contributed by atoms with Crippen molar-refractivity contribution in [2.75, 3.05) is 32.7 Å². The van der Waals surface area contributed by atoms with E-state index in [1.54, 1.807) is 0 Å². The van der Waals surface area contributed by atoms with Gasteiger partial charge in [0.15, 0.2) is 0 Å². The molecule has 2 aliphatic rings. The van der Waals surface area contributed by atoms with Crippen LogP contribution in [0.4, 0.5) is 0 Å². The Morgan fingerprint density at radius 2 is 1.79 bits per heavy atom. The van der Waals surface area contributed by atoms with Gasteiger partial charge in [-0.05, 0) is 31.1 Å². The van der Waals surface area contributed by atoms with Gasteiger partial charge in [0, 0.05) is 39.1 Å². The van der Waals surface area contributed by atoms with E-state index in [9.17, 15) is 4.79 Å². The minimum atomic E-state index is 0.383. The lowest BCUT2D eigenvalue weighted by atomic mass is 9.94. The third-order valence-electron chi connectivity index (χ3n) is 4.92. The zero-order chi connectivity index (χ0) is 13.7. The average Bonchev–Trinajstić information content (AvgIpc) is 2.41. The van der Waals surface area contributed by atoms with Gasteiger partial charge in [-0.2, -0.15) is 0 Å². The fourth-order valence-corrected chi connectivity index (χ4v) is 3.45. The van der Waals surface area contributed by atoms with E-state index in [2.05, 4.69) is 23.6 Å². The van der Waals surface area contributed by atoms with Gasteiger partial charge in [-0.3, -0.25) is 4.79 Å². The maximum atomic E-state index is 12.1. The summed E-state index contributed by atoms with van der Waals surface area (Å²) < 4.78 is 0. The molecule has 2 saturated heterocycles. The number of hydrogen-bond donors (Lipinski definition) is 0. The summed E-state index contributed by atoms with van der Waals surface area (Å²) in [5.74, 6) is 2.14. The van der Waals surface area contributed by atoms with Crippen LogP contribution in [-0.4, -0.2) is 48.4 Å². The standard InChI is InChI=1S/C16H30N2O/c1-3-5-15-12-17(13-15)9-8-16(19)18-10-6-14(4-2)7-11-18/h14-15H,3-13H2,1-2H3. The molecule has 0 unspecified atom stereocenters. The average molecular weight is 266 g/mol. The molecule has 3 heteroatoms. The van der Waals surface area contributed by atoms with Gasteiger partial charge in [-0.25, -0.2) is 0 Å². The minimum absolute atomic E-state index is 0.383. The molecule has 0 aromatic rings. The Hall–Kier alpha value is -0.570. The van der Waals surface area contributed by atoms with Crippen LogP contribution in [0.3, 0.4) is 0 Å². The van der Waals surface area contributed by atoms with Crippen molar-refractivity contribution in [1.82, 2.24) is 9.80 Å². The third-order valence-corrected chi connectivity index (χ3v) is 4.92. The van der Waals surface area contributed by atoms with Crippen molar-refractivity contribution in [3.8, 4) is 0 Å². The Morgan fingerprint density at radius 1 is 1.11 bits per heavy atom. The quantitative estimate of drug-likeness (QED) is 0.738. The van der Waals surface area contributed by atoms with E-state index in [4.69, 9.17) is 0 Å². The van der Waals surface area contributed by atoms with E-state index in [-0.39, 0.29) is 0 Å². The maximum Gasteiger partial charge on any atom is 0.223 e. The Balaban J connectivity index is 1.58. The molecule has 0 radical (unpaired) electrons. The Morgan fingerprint density at radius 3 is 2.37 bits per heavy atom. The smallest absolute Gasteiger partial charge is 0.223 e. The minimum Gasteiger partial charge on any atom is -0.343 e. The van der Waals surface area contributed by atoms with Gasteiger partial charge in [-0.15, -0.1) is 0 Å². The number of carbonyl (C=O) groups excluding carboxylic acids is 1. The lowest BCUT2D eigenvalue weighted by molar-refractivity contribution is -0.133. The normalized spacial score (nSPS) is 22.5. The predicted octanol–water partition coefficient (Wildman–Crippen LogP) is 2.76. The first-order valence-electron chi connectivity index (χ1n) is 8.23. The topological polar surface area (TPSA) is 23.6 Å². The zero-order valence-electron chi connectivity index (χ0n) is 12.7. The van der Waals surface area contributed by atoms with Crippen LogP contribution in [-0.2, 0) is 4.79 Å². The van der Waals surface area contributed by atoms with E-state index in [1.165, 1.54) is 45.2 Å². The molecule has 0 bridgehead atoms. The number of nitrogens with zero attached hydrogens (tertiary/aromatic N) is 2. The van der Waals surface area contributed by atoms with Crippen LogP contribution in [0, 0.1) is 11.8 Å². The number of hydrogen-bond acceptors (Lipinski definition) is 2. The van der Waals surface area contributed by atoms with E-state index < -0.39 is 0 Å². The van der Waals surface area contributed by atoms with Gasteiger partial charge in [0.2, 0.25) is 5.91 Å². The van der Waals surface area contributed by atoms with Crippen molar-refractivity contribution in [3.63, 3.8) is 0 Å². The number of piperidine rings is 1. The van der Waals surface area contributed by atoms with Crippen LogP contribution in [0.25, 0.3) is 0 Å². The summed E-state index contributed by atoms with van der Waals surface area (Å²) in [7, 11) is 0. The second-order valence-corrected chi connectivity index (χ2v) is 6.40. The van der Waals surface area contributed by atoms with Crippen molar-refractivity contribution < 1.29 is 4.79 Å². The van der Waals surface area contributed by atoms with Gasteiger partial charge in [0.1, 0.15) is 0 Å². The summed E-state index contributed by atoms with van der Waals surface area (Å²) in [6.07, 6.45) is 7.08. The number of carbonyl (C=O) groups is 1. The second kappa shape index (κ2) is 7.28. The van der Waals surface area contributed by atoms with Crippen LogP contribution < -0.4 is 0 Å². The van der Waals surface area contributed by atoms with Gasteiger partial charge >= 0.3 is 0 Å². The molecule has 2 fully saturated rings. The Labute approximate surface area is 118 Å². The monoisotopic (exact) mass is 266 g/mol.